The van der Waals surface area contributed by atoms with Crippen molar-refractivity contribution in [1.82, 2.24) is 0 Å². The number of hydrogen-bond donors (Lipinski definition) is 1. The van der Waals surface area contributed by atoms with E-state index >= 15 is 0 Å². The first-order valence-electron chi connectivity index (χ1n) is 3.79. The number of aliphatic hydroxyl groups is 1. The van der Waals surface area contributed by atoms with E-state index in [1.807, 2.05) is 6.08 Å². The Labute approximate surface area is 68.2 Å². The summed E-state index contributed by atoms with van der Waals surface area (Å²) in [7, 11) is 1.64. The van der Waals surface area contributed by atoms with Gasteiger partial charge in [-0.3, -0.25) is 0 Å². The molecule has 0 aromatic carbocycles. The van der Waals surface area contributed by atoms with Crippen LogP contribution in [-0.2, 0) is 4.74 Å². The van der Waals surface area contributed by atoms with E-state index in [0.29, 0.717) is 0 Å². The van der Waals surface area contributed by atoms with E-state index in [-0.39, 0.29) is 6.10 Å². The van der Waals surface area contributed by atoms with Gasteiger partial charge >= 0.3 is 0 Å². The molecular weight excluding hydrogens is 140 g/mol. The quantitative estimate of drug-likeness (QED) is 0.363. The molecule has 0 radical (unpaired) electrons. The highest BCUT2D eigenvalue weighted by Gasteiger charge is 2.00. The van der Waals surface area contributed by atoms with Crippen molar-refractivity contribution in [2.45, 2.75) is 25.4 Å². The van der Waals surface area contributed by atoms with Crippen molar-refractivity contribution in [3.8, 4) is 0 Å². The molecule has 0 heterocycles. The van der Waals surface area contributed by atoms with Gasteiger partial charge < -0.3 is 9.84 Å². The van der Waals surface area contributed by atoms with Crippen LogP contribution in [0, 0.1) is 0 Å². The Kier molecular flexibility index (Phi) is 6.84. The number of hydrogen-bond acceptors (Lipinski definition) is 2. The van der Waals surface area contributed by atoms with Crippen LogP contribution < -0.4 is 0 Å². The Morgan fingerprint density at radius 2 is 2.36 bits per heavy atom. The first-order chi connectivity index (χ1) is 5.35. The summed E-state index contributed by atoms with van der Waals surface area (Å²) >= 11 is 0. The van der Waals surface area contributed by atoms with Gasteiger partial charge in [0.15, 0.2) is 0 Å². The number of unbranched alkanes of at least 4 members (excludes halogenated alkanes) is 1. The van der Waals surface area contributed by atoms with Crippen molar-refractivity contribution in [2.24, 2.45) is 0 Å². The number of aliphatic hydroxyl groups excluding tert-OH is 1. The van der Waals surface area contributed by atoms with E-state index in [1.54, 1.807) is 13.2 Å². The molecule has 0 rings (SSSR count). The topological polar surface area (TPSA) is 29.5 Å². The molecule has 1 unspecified atom stereocenters. The fraction of sp³-hybridized carbons (Fsp3) is 0.556. The molecule has 0 fully saturated rings. The Bertz CT molecular complexity index is 119. The third-order valence-electron chi connectivity index (χ3n) is 1.50. The number of allylic oxidation sites excluding steroid dienone is 1. The largest absolute Gasteiger partial charge is 0.516 e. The minimum absolute atomic E-state index is 0.0416. The normalized spacial score (nSPS) is 13.5. The Balaban J connectivity index is 3.43. The monoisotopic (exact) mass is 156 g/mol. The van der Waals surface area contributed by atoms with E-state index in [9.17, 15) is 0 Å². The molecule has 0 aliphatic carbocycles. The fourth-order valence-corrected chi connectivity index (χ4v) is 0.852. The molecule has 0 aliphatic rings. The zero-order valence-electron chi connectivity index (χ0n) is 6.99. The molecule has 64 valence electrons. The predicted molar refractivity (Wildman–Crippen MR) is 46.6 cm³/mol. The highest BCUT2D eigenvalue weighted by Crippen LogP contribution is 2.05. The lowest BCUT2D eigenvalue weighted by molar-refractivity contribution is 0.130. The molecule has 11 heavy (non-hydrogen) atoms. The second-order valence-electron chi connectivity index (χ2n) is 2.34. The molecule has 0 saturated carbocycles. The van der Waals surface area contributed by atoms with E-state index in [4.69, 9.17) is 9.84 Å². The minimum atomic E-state index is 0.0416. The molecular formula is C9H16O2. The summed E-state index contributed by atoms with van der Waals surface area (Å²) in [5.41, 5.74) is 0. The highest BCUT2D eigenvalue weighted by atomic mass is 16.5. The Morgan fingerprint density at radius 1 is 1.64 bits per heavy atom. The van der Waals surface area contributed by atoms with Gasteiger partial charge in [-0.25, -0.2) is 0 Å². The third kappa shape index (κ3) is 5.67. The number of ether oxygens (including phenoxy) is 1. The van der Waals surface area contributed by atoms with Crippen LogP contribution in [0.3, 0.4) is 0 Å². The van der Waals surface area contributed by atoms with Gasteiger partial charge in [0.2, 0.25) is 0 Å². The average Bonchev–Trinajstić information content (AvgIpc) is 2.03. The molecule has 0 saturated heterocycles. The predicted octanol–water partition coefficient (Wildman–Crippen LogP) is 2.43. The molecule has 0 bridgehead atoms. The number of methoxy groups -OCH3 is 1. The van der Waals surface area contributed by atoms with Gasteiger partial charge in [-0.2, -0.15) is 0 Å². The zero-order valence-corrected chi connectivity index (χ0v) is 6.99. The molecule has 2 nitrogen and oxygen atoms in total. The van der Waals surface area contributed by atoms with Crippen LogP contribution in [-0.4, -0.2) is 18.3 Å². The highest BCUT2D eigenvalue weighted by molar-refractivity contribution is 4.83. The first kappa shape index (κ1) is 10.2. The van der Waals surface area contributed by atoms with Crippen molar-refractivity contribution in [2.75, 3.05) is 7.11 Å². The summed E-state index contributed by atoms with van der Waals surface area (Å²) in [6, 6.07) is 0. The van der Waals surface area contributed by atoms with Crippen LogP contribution >= 0.6 is 0 Å². The molecule has 2 heteroatoms. The van der Waals surface area contributed by atoms with Gasteiger partial charge in [-0.15, -0.1) is 6.58 Å². The molecule has 0 spiro atoms. The minimum Gasteiger partial charge on any atom is -0.516 e. The lowest BCUT2D eigenvalue weighted by Gasteiger charge is -2.08. The maximum absolute atomic E-state index is 8.44. The van der Waals surface area contributed by atoms with Gasteiger partial charge in [0, 0.05) is 7.11 Å². The van der Waals surface area contributed by atoms with E-state index in [0.717, 1.165) is 25.5 Å². The standard InChI is InChI=1S/C9H16O2/c1-3-4-5-6-9(11-2)7-8-10/h3,7-10H,1,4-6H2,2H3. The number of rotatable bonds is 6. The van der Waals surface area contributed by atoms with E-state index in [2.05, 4.69) is 6.58 Å². The summed E-state index contributed by atoms with van der Waals surface area (Å²) in [6.45, 7) is 3.62. The fourth-order valence-electron chi connectivity index (χ4n) is 0.852. The van der Waals surface area contributed by atoms with Crippen molar-refractivity contribution in [3.63, 3.8) is 0 Å². The van der Waals surface area contributed by atoms with Crippen LogP contribution in [0.25, 0.3) is 0 Å². The van der Waals surface area contributed by atoms with Crippen LogP contribution in [0.1, 0.15) is 19.3 Å². The van der Waals surface area contributed by atoms with Crippen LogP contribution in [0.2, 0.25) is 0 Å². The van der Waals surface area contributed by atoms with Gasteiger partial charge in [0.1, 0.15) is 0 Å². The van der Waals surface area contributed by atoms with Crippen molar-refractivity contribution in [3.05, 3.63) is 25.0 Å². The third-order valence-corrected chi connectivity index (χ3v) is 1.50. The lowest BCUT2D eigenvalue weighted by atomic mass is 10.1. The maximum Gasteiger partial charge on any atom is 0.0784 e. The maximum atomic E-state index is 8.44. The Hall–Kier alpha value is -0.760. The smallest absolute Gasteiger partial charge is 0.0784 e. The summed E-state index contributed by atoms with van der Waals surface area (Å²) in [5, 5.41) is 8.44. The Morgan fingerprint density at radius 3 is 2.82 bits per heavy atom. The van der Waals surface area contributed by atoms with Crippen LogP contribution in [0.15, 0.2) is 25.0 Å². The molecule has 1 atom stereocenters. The summed E-state index contributed by atoms with van der Waals surface area (Å²) in [5.74, 6) is 0. The van der Waals surface area contributed by atoms with Crippen molar-refractivity contribution in [1.29, 1.82) is 0 Å². The molecule has 0 aromatic rings. The van der Waals surface area contributed by atoms with Gasteiger partial charge in [-0.05, 0) is 25.3 Å². The summed E-state index contributed by atoms with van der Waals surface area (Å²) in [6.07, 6.45) is 7.57. The zero-order chi connectivity index (χ0) is 8.53. The second-order valence-corrected chi connectivity index (χ2v) is 2.34. The van der Waals surface area contributed by atoms with Crippen LogP contribution in [0.4, 0.5) is 0 Å². The van der Waals surface area contributed by atoms with Crippen molar-refractivity contribution < 1.29 is 9.84 Å². The summed E-state index contributed by atoms with van der Waals surface area (Å²) < 4.78 is 5.06. The average molecular weight is 156 g/mol. The van der Waals surface area contributed by atoms with E-state index < -0.39 is 0 Å². The van der Waals surface area contributed by atoms with E-state index in [1.165, 1.54) is 0 Å². The van der Waals surface area contributed by atoms with Crippen molar-refractivity contribution >= 4 is 0 Å². The molecule has 1 N–H and O–H groups in total. The SMILES string of the molecule is C=CCCCC(C=CO)OC. The first-order valence-corrected chi connectivity index (χ1v) is 3.79. The summed E-state index contributed by atoms with van der Waals surface area (Å²) in [4.78, 5) is 0. The van der Waals surface area contributed by atoms with Gasteiger partial charge in [0.25, 0.3) is 0 Å². The second kappa shape index (κ2) is 7.35. The van der Waals surface area contributed by atoms with Gasteiger partial charge in [-0.1, -0.05) is 6.08 Å². The molecule has 0 amide bonds. The molecule has 0 aliphatic heterocycles. The van der Waals surface area contributed by atoms with Crippen LogP contribution in [0.5, 0.6) is 0 Å². The van der Waals surface area contributed by atoms with Gasteiger partial charge in [0.05, 0.1) is 12.4 Å². The molecule has 0 aromatic heterocycles. The lowest BCUT2D eigenvalue weighted by Crippen LogP contribution is -2.05.